The van der Waals surface area contributed by atoms with E-state index in [-0.39, 0.29) is 17.3 Å². The fraction of sp³-hybridized carbons (Fsp3) is 0.556. The Bertz CT molecular complexity index is 503. The fourth-order valence-electron chi connectivity index (χ4n) is 1.22. The molecule has 0 amide bonds. The van der Waals surface area contributed by atoms with Gasteiger partial charge in [0.15, 0.2) is 0 Å². The molecule has 0 saturated heterocycles. The summed E-state index contributed by atoms with van der Waals surface area (Å²) in [5.41, 5.74) is 4.83. The average Bonchev–Trinajstić information content (AvgIpc) is 2.56. The first-order chi connectivity index (χ1) is 7.68. The highest BCUT2D eigenvalue weighted by molar-refractivity contribution is 7.89. The Hall–Kier alpha value is -0.280. The van der Waals surface area contributed by atoms with Crippen LogP contribution in [0.25, 0.3) is 0 Å². The maximum Gasteiger partial charge on any atom is 0.273 e. The van der Waals surface area contributed by atoms with E-state index >= 15 is 0 Å². The molecule has 0 aromatic carbocycles. The van der Waals surface area contributed by atoms with Crippen LogP contribution in [0.5, 0.6) is 0 Å². The minimum Gasteiger partial charge on any atom is -0.325 e. The predicted octanol–water partition coefficient (Wildman–Crippen LogP) is 1.66. The molecule has 18 heavy (non-hydrogen) atoms. The molecule has 0 spiro atoms. The van der Waals surface area contributed by atoms with Gasteiger partial charge in [0, 0.05) is 9.75 Å². The Kier molecular flexibility index (Phi) is 6.15. The first-order valence-corrected chi connectivity index (χ1v) is 7.12. The predicted molar refractivity (Wildman–Crippen MR) is 70.2 cm³/mol. The minimum atomic E-state index is -3.89. The van der Waals surface area contributed by atoms with Crippen LogP contribution in [-0.4, -0.2) is 27.4 Å². The summed E-state index contributed by atoms with van der Waals surface area (Å²) in [6.45, 7) is 1.51. The summed E-state index contributed by atoms with van der Waals surface area (Å²) in [6.07, 6.45) is 0. The normalized spacial score (nSPS) is 12.3. The number of rotatable bonds is 5. The number of nitrogens with one attached hydrogen (secondary N) is 1. The second kappa shape index (κ2) is 6.25. The standard InChI is InChI=1S/C9H14F2N2O2S2.ClH/c1-6-3-8(7(2)16-6)17(14,15)13-5-9(10,11)4-12;/h3,13H,4-5,12H2,1-2H3;1H. The lowest BCUT2D eigenvalue weighted by Crippen LogP contribution is -2.41. The third kappa shape index (κ3) is 4.43. The van der Waals surface area contributed by atoms with Gasteiger partial charge in [-0.05, 0) is 19.9 Å². The lowest BCUT2D eigenvalue weighted by atomic mass is 10.3. The van der Waals surface area contributed by atoms with Crippen molar-refractivity contribution in [1.29, 1.82) is 0 Å². The molecule has 1 rings (SSSR count). The van der Waals surface area contributed by atoms with Crippen molar-refractivity contribution < 1.29 is 17.2 Å². The third-order valence-corrected chi connectivity index (χ3v) is 4.73. The quantitative estimate of drug-likeness (QED) is 0.866. The molecule has 106 valence electrons. The molecule has 3 N–H and O–H groups in total. The van der Waals surface area contributed by atoms with Crippen LogP contribution in [0, 0.1) is 13.8 Å². The summed E-state index contributed by atoms with van der Waals surface area (Å²) in [5.74, 6) is -3.23. The Labute approximate surface area is 115 Å². The molecule has 4 nitrogen and oxygen atoms in total. The van der Waals surface area contributed by atoms with Crippen LogP contribution in [0.3, 0.4) is 0 Å². The average molecular weight is 321 g/mol. The number of sulfonamides is 1. The van der Waals surface area contributed by atoms with E-state index in [0.717, 1.165) is 4.88 Å². The third-order valence-electron chi connectivity index (χ3n) is 2.10. The van der Waals surface area contributed by atoms with E-state index in [1.165, 1.54) is 17.4 Å². The van der Waals surface area contributed by atoms with Crippen molar-refractivity contribution >= 4 is 33.8 Å². The molecule has 0 atom stereocenters. The van der Waals surface area contributed by atoms with Gasteiger partial charge in [0.1, 0.15) is 0 Å². The van der Waals surface area contributed by atoms with Crippen LogP contribution in [0.1, 0.15) is 9.75 Å². The first-order valence-electron chi connectivity index (χ1n) is 4.82. The van der Waals surface area contributed by atoms with Crippen molar-refractivity contribution in [2.75, 3.05) is 13.1 Å². The summed E-state index contributed by atoms with van der Waals surface area (Å²) in [6, 6.07) is 1.46. The van der Waals surface area contributed by atoms with Gasteiger partial charge in [-0.25, -0.2) is 21.9 Å². The number of alkyl halides is 2. The molecule has 1 aromatic rings. The number of nitrogens with two attached hydrogens (primary N) is 1. The molecule has 0 radical (unpaired) electrons. The number of hydrogen-bond acceptors (Lipinski definition) is 4. The molecule has 9 heteroatoms. The van der Waals surface area contributed by atoms with E-state index in [9.17, 15) is 17.2 Å². The highest BCUT2D eigenvalue weighted by atomic mass is 35.5. The Morgan fingerprint density at radius 1 is 1.44 bits per heavy atom. The minimum absolute atomic E-state index is 0. The molecule has 0 bridgehead atoms. The van der Waals surface area contributed by atoms with Gasteiger partial charge in [0.2, 0.25) is 10.0 Å². The maximum absolute atomic E-state index is 12.9. The van der Waals surface area contributed by atoms with E-state index in [0.29, 0.717) is 4.88 Å². The Balaban J connectivity index is 0.00000289. The second-order valence-electron chi connectivity index (χ2n) is 3.66. The van der Waals surface area contributed by atoms with Crippen LogP contribution >= 0.6 is 23.7 Å². The SMILES string of the molecule is Cc1cc(S(=O)(=O)NCC(F)(F)CN)c(C)s1.Cl. The molecule has 0 aliphatic rings. The van der Waals surface area contributed by atoms with Gasteiger partial charge in [0.05, 0.1) is 18.0 Å². The van der Waals surface area contributed by atoms with E-state index in [1.807, 2.05) is 4.72 Å². The summed E-state index contributed by atoms with van der Waals surface area (Å²) in [4.78, 5) is 1.44. The van der Waals surface area contributed by atoms with Crippen LogP contribution in [0.15, 0.2) is 11.0 Å². The zero-order chi connectivity index (χ0) is 13.3. The number of thiophene rings is 1. The van der Waals surface area contributed by atoms with Crippen molar-refractivity contribution in [3.63, 3.8) is 0 Å². The van der Waals surface area contributed by atoms with Gasteiger partial charge >= 0.3 is 0 Å². The molecule has 1 heterocycles. The lowest BCUT2D eigenvalue weighted by molar-refractivity contribution is 0.0170. The van der Waals surface area contributed by atoms with Crippen LogP contribution in [0.2, 0.25) is 0 Å². The van der Waals surface area contributed by atoms with Crippen molar-refractivity contribution in [2.45, 2.75) is 24.7 Å². The van der Waals surface area contributed by atoms with Gasteiger partial charge in [-0.2, -0.15) is 0 Å². The maximum atomic E-state index is 12.9. The van der Waals surface area contributed by atoms with Crippen molar-refractivity contribution in [3.05, 3.63) is 15.8 Å². The van der Waals surface area contributed by atoms with Crippen molar-refractivity contribution in [1.82, 2.24) is 4.72 Å². The molecule has 0 aliphatic heterocycles. The largest absolute Gasteiger partial charge is 0.325 e. The molecule has 0 unspecified atom stereocenters. The molecule has 0 fully saturated rings. The Morgan fingerprint density at radius 3 is 2.39 bits per heavy atom. The van der Waals surface area contributed by atoms with E-state index in [1.54, 1.807) is 13.8 Å². The summed E-state index contributed by atoms with van der Waals surface area (Å²) < 4.78 is 51.1. The van der Waals surface area contributed by atoms with Gasteiger partial charge in [-0.15, -0.1) is 23.7 Å². The molecular weight excluding hydrogens is 306 g/mol. The summed E-state index contributed by atoms with van der Waals surface area (Å²) in [7, 11) is -3.89. The van der Waals surface area contributed by atoms with Crippen molar-refractivity contribution in [3.8, 4) is 0 Å². The van der Waals surface area contributed by atoms with Crippen LogP contribution in [0.4, 0.5) is 8.78 Å². The Morgan fingerprint density at radius 2 is 2.00 bits per heavy atom. The van der Waals surface area contributed by atoms with Gasteiger partial charge in [-0.3, -0.25) is 0 Å². The highest BCUT2D eigenvalue weighted by Gasteiger charge is 2.30. The van der Waals surface area contributed by atoms with Crippen LogP contribution in [-0.2, 0) is 10.0 Å². The van der Waals surface area contributed by atoms with Crippen molar-refractivity contribution in [2.24, 2.45) is 5.73 Å². The van der Waals surface area contributed by atoms with Gasteiger partial charge in [-0.1, -0.05) is 0 Å². The molecule has 1 aromatic heterocycles. The zero-order valence-corrected chi connectivity index (χ0v) is 12.3. The van der Waals surface area contributed by atoms with Gasteiger partial charge < -0.3 is 5.73 Å². The van der Waals surface area contributed by atoms with E-state index in [4.69, 9.17) is 5.73 Å². The van der Waals surface area contributed by atoms with E-state index < -0.39 is 29.0 Å². The van der Waals surface area contributed by atoms with E-state index in [2.05, 4.69) is 0 Å². The zero-order valence-electron chi connectivity index (χ0n) is 9.87. The molecule has 0 saturated carbocycles. The number of halogens is 3. The second-order valence-corrected chi connectivity index (χ2v) is 6.86. The van der Waals surface area contributed by atoms with Gasteiger partial charge in [0.25, 0.3) is 5.92 Å². The highest BCUT2D eigenvalue weighted by Crippen LogP contribution is 2.25. The number of aryl methyl sites for hydroxylation is 2. The fourth-order valence-corrected chi connectivity index (χ4v) is 3.84. The summed E-state index contributed by atoms with van der Waals surface area (Å²) >= 11 is 1.30. The monoisotopic (exact) mass is 320 g/mol. The first kappa shape index (κ1) is 17.7. The number of hydrogen-bond donors (Lipinski definition) is 2. The van der Waals surface area contributed by atoms with Crippen LogP contribution < -0.4 is 10.5 Å². The summed E-state index contributed by atoms with van der Waals surface area (Å²) in [5, 5.41) is 0. The lowest BCUT2D eigenvalue weighted by Gasteiger charge is -2.14. The molecule has 0 aliphatic carbocycles. The smallest absolute Gasteiger partial charge is 0.273 e. The molecular formula is C9H15ClF2N2O2S2. The topological polar surface area (TPSA) is 72.2 Å².